The van der Waals surface area contributed by atoms with Crippen molar-refractivity contribution in [2.45, 2.75) is 32.1 Å². The Bertz CT molecular complexity index is 966. The van der Waals surface area contributed by atoms with E-state index in [4.69, 9.17) is 15.6 Å². The third kappa shape index (κ3) is 3.74. The van der Waals surface area contributed by atoms with Gasteiger partial charge in [0.15, 0.2) is 11.5 Å². The Hall–Kier alpha value is -2.72. The molecule has 0 aliphatic carbocycles. The Labute approximate surface area is 178 Å². The molecule has 3 aliphatic heterocycles. The van der Waals surface area contributed by atoms with Crippen LogP contribution >= 0.6 is 0 Å². The van der Waals surface area contributed by atoms with Gasteiger partial charge >= 0.3 is 6.18 Å². The van der Waals surface area contributed by atoms with E-state index in [0.29, 0.717) is 54.8 Å². The zero-order valence-electron chi connectivity index (χ0n) is 17.5. The fourth-order valence-electron chi connectivity index (χ4n) is 4.20. The van der Waals surface area contributed by atoms with Gasteiger partial charge in [-0.3, -0.25) is 0 Å². The first-order chi connectivity index (χ1) is 14.6. The molecule has 0 spiro atoms. The van der Waals surface area contributed by atoms with E-state index in [-0.39, 0.29) is 18.6 Å². The third-order valence-corrected chi connectivity index (χ3v) is 6.07. The smallest absolute Gasteiger partial charge is 0.398 e. The molecule has 0 bridgehead atoms. The summed E-state index contributed by atoms with van der Waals surface area (Å²) in [5.74, 6) is 0.664. The van der Waals surface area contributed by atoms with Gasteiger partial charge in [0.1, 0.15) is 0 Å². The molecule has 0 saturated carbocycles. The van der Waals surface area contributed by atoms with Crippen LogP contribution in [-0.2, 0) is 17.3 Å². The van der Waals surface area contributed by atoms with Gasteiger partial charge in [-0.15, -0.1) is 0 Å². The van der Waals surface area contributed by atoms with Gasteiger partial charge in [0.25, 0.3) is 0 Å². The van der Waals surface area contributed by atoms with E-state index >= 15 is 0 Å². The van der Waals surface area contributed by atoms with Crippen molar-refractivity contribution in [1.29, 1.82) is 0 Å². The van der Waals surface area contributed by atoms with Crippen molar-refractivity contribution in [2.75, 3.05) is 32.9 Å². The molecular weight excluding hydrogens is 411 g/mol. The number of halogens is 3. The van der Waals surface area contributed by atoms with E-state index in [2.05, 4.69) is 10.2 Å². The van der Waals surface area contributed by atoms with Crippen LogP contribution in [0.15, 0.2) is 46.5 Å². The number of hydrogen-bond donors (Lipinski definition) is 3. The molecule has 4 rings (SSSR count). The molecule has 4 N–H and O–H groups in total. The number of nitrogens with zero attached hydrogens (tertiary/aromatic N) is 3. The summed E-state index contributed by atoms with van der Waals surface area (Å²) in [5.41, 5.74) is 7.08. The van der Waals surface area contributed by atoms with Gasteiger partial charge in [-0.25, -0.2) is 5.01 Å². The molecule has 1 aromatic carbocycles. The average molecular weight is 437 g/mol. The summed E-state index contributed by atoms with van der Waals surface area (Å²) in [4.78, 5) is 2.06. The Balaban J connectivity index is 1.72. The molecule has 3 aliphatic rings. The Kier molecular flexibility index (Phi) is 5.38. The summed E-state index contributed by atoms with van der Waals surface area (Å²) in [6.45, 7) is 5.48. The predicted molar refractivity (Wildman–Crippen MR) is 109 cm³/mol. The molecule has 1 aromatic rings. The van der Waals surface area contributed by atoms with Gasteiger partial charge in [0.2, 0.25) is 0 Å². The fourth-order valence-corrected chi connectivity index (χ4v) is 4.20. The number of rotatable bonds is 3. The SMILES string of the molecule is Cc1c(CC2=C(CO)NC3(C)C(N)=CC(N4CCOCC4)=NN23)cccc1C(F)(F)F. The molecular formula is C21H26F3N5O2. The van der Waals surface area contributed by atoms with Crippen molar-refractivity contribution in [3.05, 3.63) is 58.1 Å². The maximum Gasteiger partial charge on any atom is 0.416 e. The number of morpholine rings is 1. The summed E-state index contributed by atoms with van der Waals surface area (Å²) in [5, 5.41) is 19.7. The normalized spacial score (nSPS) is 24.1. The molecule has 0 radical (unpaired) electrons. The first kappa shape index (κ1) is 21.5. The van der Waals surface area contributed by atoms with Crippen molar-refractivity contribution in [3.8, 4) is 0 Å². The van der Waals surface area contributed by atoms with Crippen LogP contribution in [0.4, 0.5) is 13.2 Å². The predicted octanol–water partition coefficient (Wildman–Crippen LogP) is 1.88. The fraction of sp³-hybridized carbons (Fsp3) is 0.476. The van der Waals surface area contributed by atoms with Crippen molar-refractivity contribution in [2.24, 2.45) is 10.8 Å². The lowest BCUT2D eigenvalue weighted by atomic mass is 9.97. The van der Waals surface area contributed by atoms with Crippen LogP contribution in [0, 0.1) is 6.92 Å². The standard InChI is InChI=1S/C21H26F3N5O2/c1-13-14(4-3-5-15(13)21(22,23)24)10-17-16(12-30)26-20(2)18(25)11-19(27-29(17)20)28-6-8-31-9-7-28/h3-5,11,26,30H,6-10,12,25H2,1-2H3. The van der Waals surface area contributed by atoms with Crippen LogP contribution in [0.1, 0.15) is 23.6 Å². The second-order valence-electron chi connectivity index (χ2n) is 8.01. The molecule has 0 amide bonds. The maximum absolute atomic E-state index is 13.4. The summed E-state index contributed by atoms with van der Waals surface area (Å²) in [7, 11) is 0. The third-order valence-electron chi connectivity index (χ3n) is 6.07. The Morgan fingerprint density at radius 1 is 1.29 bits per heavy atom. The molecule has 7 nitrogen and oxygen atoms in total. The van der Waals surface area contributed by atoms with Crippen molar-refractivity contribution < 1.29 is 23.0 Å². The number of nitrogens with one attached hydrogen (secondary N) is 1. The lowest BCUT2D eigenvalue weighted by Gasteiger charge is -2.40. The second kappa shape index (κ2) is 7.76. The number of aliphatic hydroxyl groups is 1. The lowest BCUT2D eigenvalue weighted by molar-refractivity contribution is -0.138. The highest BCUT2D eigenvalue weighted by Gasteiger charge is 2.46. The van der Waals surface area contributed by atoms with Gasteiger partial charge < -0.3 is 25.8 Å². The van der Waals surface area contributed by atoms with Crippen molar-refractivity contribution in [1.82, 2.24) is 15.2 Å². The van der Waals surface area contributed by atoms with E-state index in [1.807, 2.05) is 6.92 Å². The zero-order chi connectivity index (χ0) is 22.4. The molecule has 1 fully saturated rings. The largest absolute Gasteiger partial charge is 0.416 e. The molecule has 1 atom stereocenters. The Morgan fingerprint density at radius 2 is 2.00 bits per heavy atom. The van der Waals surface area contributed by atoms with Crippen molar-refractivity contribution in [3.63, 3.8) is 0 Å². The quantitative estimate of drug-likeness (QED) is 0.670. The number of fused-ring (bicyclic) bond motifs is 1. The molecule has 31 heavy (non-hydrogen) atoms. The summed E-state index contributed by atoms with van der Waals surface area (Å²) < 4.78 is 45.6. The molecule has 10 heteroatoms. The monoisotopic (exact) mass is 437 g/mol. The number of allylic oxidation sites excluding steroid dienone is 1. The highest BCUT2D eigenvalue weighted by molar-refractivity contribution is 5.94. The Morgan fingerprint density at radius 3 is 2.65 bits per heavy atom. The number of alkyl halides is 3. The minimum absolute atomic E-state index is 0.159. The van der Waals surface area contributed by atoms with Crippen LogP contribution in [0.3, 0.4) is 0 Å². The van der Waals surface area contributed by atoms with Crippen LogP contribution in [0.2, 0.25) is 0 Å². The summed E-state index contributed by atoms with van der Waals surface area (Å²) >= 11 is 0. The van der Waals surface area contributed by atoms with Crippen molar-refractivity contribution >= 4 is 5.84 Å². The molecule has 1 saturated heterocycles. The van der Waals surface area contributed by atoms with E-state index < -0.39 is 17.4 Å². The van der Waals surface area contributed by atoms with Gasteiger partial charge in [-0.05, 0) is 31.0 Å². The number of benzene rings is 1. The topological polar surface area (TPSA) is 86.3 Å². The molecule has 3 heterocycles. The lowest BCUT2D eigenvalue weighted by Crippen LogP contribution is -2.56. The number of hydrazone groups is 1. The van der Waals surface area contributed by atoms with E-state index in [0.717, 1.165) is 6.07 Å². The van der Waals surface area contributed by atoms with Gasteiger partial charge in [0.05, 0.1) is 42.5 Å². The average Bonchev–Trinajstić information content (AvgIpc) is 3.02. The summed E-state index contributed by atoms with van der Waals surface area (Å²) in [6.07, 6.45) is -2.47. The highest BCUT2D eigenvalue weighted by atomic mass is 19.4. The van der Waals surface area contributed by atoms with E-state index in [9.17, 15) is 18.3 Å². The van der Waals surface area contributed by atoms with Crippen LogP contribution < -0.4 is 11.1 Å². The summed E-state index contributed by atoms with van der Waals surface area (Å²) in [6, 6.07) is 4.14. The number of aliphatic hydroxyl groups excluding tert-OH is 1. The number of nitrogens with two attached hydrogens (primary N) is 1. The highest BCUT2D eigenvalue weighted by Crippen LogP contribution is 2.38. The molecule has 0 aromatic heterocycles. The van der Waals surface area contributed by atoms with Crippen LogP contribution in [0.5, 0.6) is 0 Å². The second-order valence-corrected chi connectivity index (χ2v) is 8.01. The minimum atomic E-state index is -4.43. The number of ether oxygens (including phenoxy) is 1. The van der Waals surface area contributed by atoms with Gasteiger partial charge in [-0.1, -0.05) is 12.1 Å². The minimum Gasteiger partial charge on any atom is -0.398 e. The van der Waals surface area contributed by atoms with E-state index in [1.165, 1.54) is 13.0 Å². The van der Waals surface area contributed by atoms with Crippen LogP contribution in [-0.4, -0.2) is 59.4 Å². The van der Waals surface area contributed by atoms with E-state index in [1.54, 1.807) is 17.2 Å². The zero-order valence-corrected chi connectivity index (χ0v) is 17.5. The molecule has 1 unspecified atom stereocenters. The first-order valence-corrected chi connectivity index (χ1v) is 10.1. The van der Waals surface area contributed by atoms with Gasteiger partial charge in [0, 0.05) is 25.6 Å². The number of amidine groups is 1. The first-order valence-electron chi connectivity index (χ1n) is 10.1. The number of hydrogen-bond acceptors (Lipinski definition) is 7. The maximum atomic E-state index is 13.4. The molecule has 168 valence electrons. The van der Waals surface area contributed by atoms with Crippen LogP contribution in [0.25, 0.3) is 0 Å². The van der Waals surface area contributed by atoms with Gasteiger partial charge in [-0.2, -0.15) is 18.3 Å².